The highest BCUT2D eigenvalue weighted by atomic mass is 79.9. The fourth-order valence-electron chi connectivity index (χ4n) is 1.25. The van der Waals surface area contributed by atoms with E-state index < -0.39 is 0 Å². The summed E-state index contributed by atoms with van der Waals surface area (Å²) in [6.45, 7) is 3.13. The summed E-state index contributed by atoms with van der Waals surface area (Å²) in [5.41, 5.74) is 0. The highest BCUT2D eigenvalue weighted by Gasteiger charge is 2.13. The van der Waals surface area contributed by atoms with E-state index in [0.29, 0.717) is 19.3 Å². The van der Waals surface area contributed by atoms with Crippen molar-refractivity contribution in [2.45, 2.75) is 6.92 Å². The molecule has 0 spiro atoms. The van der Waals surface area contributed by atoms with E-state index in [1.165, 1.54) is 0 Å². The van der Waals surface area contributed by atoms with Gasteiger partial charge >= 0.3 is 0 Å². The SMILES string of the molecule is CC(CBr)COc1ccc2c(c1)OCO2. The van der Waals surface area contributed by atoms with Crippen LogP contribution in [-0.4, -0.2) is 18.7 Å². The Morgan fingerprint density at radius 1 is 1.40 bits per heavy atom. The molecule has 4 heteroatoms. The summed E-state index contributed by atoms with van der Waals surface area (Å²) < 4.78 is 16.1. The van der Waals surface area contributed by atoms with Crippen molar-refractivity contribution < 1.29 is 14.2 Å². The first kappa shape index (κ1) is 10.6. The number of benzene rings is 1. The van der Waals surface area contributed by atoms with Crippen molar-refractivity contribution in [2.24, 2.45) is 5.92 Å². The molecule has 2 rings (SSSR count). The van der Waals surface area contributed by atoms with E-state index in [1.54, 1.807) is 0 Å². The van der Waals surface area contributed by atoms with Gasteiger partial charge in [-0.3, -0.25) is 0 Å². The van der Waals surface area contributed by atoms with Crippen LogP contribution in [0.1, 0.15) is 6.92 Å². The third-order valence-corrected chi connectivity index (χ3v) is 3.25. The molecule has 0 amide bonds. The van der Waals surface area contributed by atoms with Crippen molar-refractivity contribution in [1.29, 1.82) is 0 Å². The number of alkyl halides is 1. The lowest BCUT2D eigenvalue weighted by atomic mass is 10.2. The van der Waals surface area contributed by atoms with Crippen LogP contribution in [0.15, 0.2) is 18.2 Å². The summed E-state index contributed by atoms with van der Waals surface area (Å²) in [7, 11) is 0. The van der Waals surface area contributed by atoms with E-state index in [9.17, 15) is 0 Å². The van der Waals surface area contributed by atoms with Gasteiger partial charge in [0.25, 0.3) is 0 Å². The van der Waals surface area contributed by atoms with E-state index in [2.05, 4.69) is 22.9 Å². The smallest absolute Gasteiger partial charge is 0.231 e. The second kappa shape index (κ2) is 4.75. The molecule has 1 aliphatic rings. The summed E-state index contributed by atoms with van der Waals surface area (Å²) in [4.78, 5) is 0. The Labute approximate surface area is 97.5 Å². The molecule has 15 heavy (non-hydrogen) atoms. The van der Waals surface area contributed by atoms with E-state index in [1.807, 2.05) is 18.2 Å². The first-order valence-corrected chi connectivity index (χ1v) is 6.00. The Hall–Kier alpha value is -0.900. The van der Waals surface area contributed by atoms with Gasteiger partial charge in [0.2, 0.25) is 6.79 Å². The Bertz CT molecular complexity index is 341. The predicted octanol–water partition coefficient (Wildman–Crippen LogP) is 2.83. The van der Waals surface area contributed by atoms with Crippen molar-refractivity contribution in [1.82, 2.24) is 0 Å². The van der Waals surface area contributed by atoms with Gasteiger partial charge in [-0.05, 0) is 18.1 Å². The van der Waals surface area contributed by atoms with Gasteiger partial charge in [0.15, 0.2) is 11.5 Å². The lowest BCUT2D eigenvalue weighted by Crippen LogP contribution is -2.09. The van der Waals surface area contributed by atoms with Crippen LogP contribution < -0.4 is 14.2 Å². The average molecular weight is 273 g/mol. The molecule has 0 saturated carbocycles. The Balaban J connectivity index is 1.98. The van der Waals surface area contributed by atoms with Gasteiger partial charge in [0.1, 0.15) is 5.75 Å². The molecule has 3 nitrogen and oxygen atoms in total. The van der Waals surface area contributed by atoms with E-state index in [-0.39, 0.29) is 0 Å². The Morgan fingerprint density at radius 3 is 3.00 bits per heavy atom. The minimum Gasteiger partial charge on any atom is -0.493 e. The summed E-state index contributed by atoms with van der Waals surface area (Å²) in [5.74, 6) is 2.87. The molecule has 1 aliphatic heterocycles. The number of ether oxygens (including phenoxy) is 3. The largest absolute Gasteiger partial charge is 0.493 e. The van der Waals surface area contributed by atoms with Gasteiger partial charge in [-0.2, -0.15) is 0 Å². The summed E-state index contributed by atoms with van der Waals surface area (Å²) in [6, 6.07) is 5.63. The van der Waals surface area contributed by atoms with Crippen LogP contribution in [0, 0.1) is 5.92 Å². The summed E-state index contributed by atoms with van der Waals surface area (Å²) >= 11 is 3.41. The number of rotatable bonds is 4. The highest BCUT2D eigenvalue weighted by molar-refractivity contribution is 9.09. The zero-order chi connectivity index (χ0) is 10.7. The van der Waals surface area contributed by atoms with Crippen LogP contribution >= 0.6 is 15.9 Å². The standard InChI is InChI=1S/C11H13BrO3/c1-8(5-12)6-13-9-2-3-10-11(4-9)15-7-14-10/h2-4,8H,5-7H2,1H3. The maximum absolute atomic E-state index is 5.62. The second-order valence-corrected chi connectivity index (χ2v) is 4.23. The number of hydrogen-bond acceptors (Lipinski definition) is 3. The molecular formula is C11H13BrO3. The molecule has 0 saturated heterocycles. The fourth-order valence-corrected chi connectivity index (χ4v) is 1.44. The third-order valence-electron chi connectivity index (χ3n) is 2.14. The lowest BCUT2D eigenvalue weighted by Gasteiger charge is -2.10. The van der Waals surface area contributed by atoms with E-state index in [4.69, 9.17) is 14.2 Å². The highest BCUT2D eigenvalue weighted by Crippen LogP contribution is 2.35. The quantitative estimate of drug-likeness (QED) is 0.789. The molecule has 0 bridgehead atoms. The van der Waals surface area contributed by atoms with Crippen LogP contribution in [0.25, 0.3) is 0 Å². The molecule has 1 aromatic rings. The normalized spacial score (nSPS) is 15.1. The zero-order valence-electron chi connectivity index (χ0n) is 8.53. The Morgan fingerprint density at radius 2 is 2.20 bits per heavy atom. The van der Waals surface area contributed by atoms with Crippen molar-refractivity contribution in [3.05, 3.63) is 18.2 Å². The summed E-state index contributed by atoms with van der Waals surface area (Å²) in [5, 5.41) is 0.942. The number of fused-ring (bicyclic) bond motifs is 1. The van der Waals surface area contributed by atoms with Crippen molar-refractivity contribution in [2.75, 3.05) is 18.7 Å². The maximum Gasteiger partial charge on any atom is 0.231 e. The van der Waals surface area contributed by atoms with Crippen molar-refractivity contribution >= 4 is 15.9 Å². The van der Waals surface area contributed by atoms with Gasteiger partial charge in [0.05, 0.1) is 6.61 Å². The van der Waals surface area contributed by atoms with Crippen LogP contribution in [0.2, 0.25) is 0 Å². The van der Waals surface area contributed by atoms with Gasteiger partial charge in [0, 0.05) is 11.4 Å². The minimum atomic E-state index is 0.302. The zero-order valence-corrected chi connectivity index (χ0v) is 10.1. The molecule has 0 radical (unpaired) electrons. The van der Waals surface area contributed by atoms with Crippen molar-refractivity contribution in [3.8, 4) is 17.2 Å². The first-order chi connectivity index (χ1) is 7.29. The molecule has 0 fully saturated rings. The van der Waals surface area contributed by atoms with Crippen LogP contribution in [-0.2, 0) is 0 Å². The van der Waals surface area contributed by atoms with Crippen LogP contribution in [0.5, 0.6) is 17.2 Å². The number of halogens is 1. The van der Waals surface area contributed by atoms with Crippen molar-refractivity contribution in [3.63, 3.8) is 0 Å². The molecule has 0 aliphatic carbocycles. The molecule has 1 unspecified atom stereocenters. The van der Waals surface area contributed by atoms with E-state index >= 15 is 0 Å². The topological polar surface area (TPSA) is 27.7 Å². The molecule has 1 atom stereocenters. The Kier molecular flexibility index (Phi) is 3.36. The molecule has 82 valence electrons. The lowest BCUT2D eigenvalue weighted by molar-refractivity contribution is 0.173. The van der Waals surface area contributed by atoms with Crippen LogP contribution in [0.4, 0.5) is 0 Å². The number of hydrogen-bond donors (Lipinski definition) is 0. The minimum absolute atomic E-state index is 0.302. The van der Waals surface area contributed by atoms with E-state index in [0.717, 1.165) is 22.6 Å². The first-order valence-electron chi connectivity index (χ1n) is 4.88. The molecular weight excluding hydrogens is 260 g/mol. The van der Waals surface area contributed by atoms with Gasteiger partial charge < -0.3 is 14.2 Å². The fraction of sp³-hybridized carbons (Fsp3) is 0.455. The van der Waals surface area contributed by atoms with Crippen LogP contribution in [0.3, 0.4) is 0 Å². The average Bonchev–Trinajstić information content (AvgIpc) is 2.72. The molecule has 0 N–H and O–H groups in total. The molecule has 0 aromatic heterocycles. The maximum atomic E-state index is 5.62. The van der Waals surface area contributed by atoms with Gasteiger partial charge in [-0.1, -0.05) is 22.9 Å². The predicted molar refractivity (Wildman–Crippen MR) is 61.0 cm³/mol. The molecule has 1 aromatic carbocycles. The summed E-state index contributed by atoms with van der Waals surface area (Å²) in [6.07, 6.45) is 0. The third kappa shape index (κ3) is 2.56. The second-order valence-electron chi connectivity index (χ2n) is 3.59. The van der Waals surface area contributed by atoms with Gasteiger partial charge in [-0.25, -0.2) is 0 Å². The molecule has 1 heterocycles. The van der Waals surface area contributed by atoms with Gasteiger partial charge in [-0.15, -0.1) is 0 Å². The monoisotopic (exact) mass is 272 g/mol.